The molecule has 3 rings (SSSR count). The Bertz CT molecular complexity index is 996. The van der Waals surface area contributed by atoms with E-state index in [-0.39, 0.29) is 29.2 Å². The summed E-state index contributed by atoms with van der Waals surface area (Å²) in [4.78, 5) is 26.8. The minimum absolute atomic E-state index is 0.00211. The lowest BCUT2D eigenvalue weighted by Crippen LogP contribution is -2.41. The third kappa shape index (κ3) is 6.12. The Morgan fingerprint density at radius 2 is 1.50 bits per heavy atom. The van der Waals surface area contributed by atoms with E-state index in [0.717, 1.165) is 11.3 Å². The molecule has 0 aromatic heterocycles. The summed E-state index contributed by atoms with van der Waals surface area (Å²) in [5.41, 5.74) is 2.43. The maximum absolute atomic E-state index is 12.5. The number of primary sulfonamides is 1. The molecule has 1 aliphatic heterocycles. The van der Waals surface area contributed by atoms with Crippen molar-refractivity contribution in [1.29, 1.82) is 0 Å². The van der Waals surface area contributed by atoms with Gasteiger partial charge in [0, 0.05) is 17.3 Å². The number of piperidine rings is 1. The van der Waals surface area contributed by atoms with Crippen LogP contribution in [0.2, 0.25) is 0 Å². The van der Waals surface area contributed by atoms with Crippen LogP contribution in [-0.2, 0) is 19.6 Å². The van der Waals surface area contributed by atoms with Crippen molar-refractivity contribution >= 4 is 33.2 Å². The molecule has 30 heavy (non-hydrogen) atoms. The van der Waals surface area contributed by atoms with E-state index >= 15 is 0 Å². The van der Waals surface area contributed by atoms with Crippen LogP contribution >= 0.6 is 0 Å². The quantitative estimate of drug-likeness (QED) is 0.646. The first kappa shape index (κ1) is 21.9. The number of sulfonamides is 1. The molecule has 1 heterocycles. The molecular formula is C21H26N4O4S. The molecule has 0 atom stereocenters. The first-order valence-electron chi connectivity index (χ1n) is 9.73. The van der Waals surface area contributed by atoms with Gasteiger partial charge in [-0.1, -0.05) is 17.7 Å². The zero-order valence-electron chi connectivity index (χ0n) is 16.8. The number of benzene rings is 2. The number of hydrogen-bond acceptors (Lipinski definition) is 5. The van der Waals surface area contributed by atoms with Crippen LogP contribution in [0.15, 0.2) is 53.4 Å². The number of likely N-dealkylation sites (tertiary alicyclic amines) is 1. The minimum atomic E-state index is -3.76. The summed E-state index contributed by atoms with van der Waals surface area (Å²) in [6, 6.07) is 13.4. The molecule has 2 amide bonds. The monoisotopic (exact) mass is 430 g/mol. The standard InChI is InChI=1S/C21H26N4O4S/c1-15-2-4-17(5-3-15)23-20(26)14-25-12-10-16(11-13-25)21(27)24-18-6-8-19(9-7-18)30(22,28)29/h2-9,16H,10-14H2,1H3,(H,23,26)(H,24,27)(H2,22,28,29). The number of anilines is 2. The van der Waals surface area contributed by atoms with Gasteiger partial charge in [-0.2, -0.15) is 0 Å². The molecule has 0 radical (unpaired) electrons. The Kier molecular flexibility index (Phi) is 6.86. The van der Waals surface area contributed by atoms with Gasteiger partial charge in [-0.15, -0.1) is 0 Å². The molecule has 0 spiro atoms. The lowest BCUT2D eigenvalue weighted by Gasteiger charge is -2.30. The number of carbonyl (C=O) groups is 2. The average molecular weight is 431 g/mol. The minimum Gasteiger partial charge on any atom is -0.326 e. The molecule has 0 bridgehead atoms. The van der Waals surface area contributed by atoms with Crippen LogP contribution in [0.1, 0.15) is 18.4 Å². The predicted molar refractivity (Wildman–Crippen MR) is 115 cm³/mol. The second-order valence-electron chi connectivity index (χ2n) is 7.52. The number of nitrogens with one attached hydrogen (secondary N) is 2. The highest BCUT2D eigenvalue weighted by Gasteiger charge is 2.26. The van der Waals surface area contributed by atoms with Crippen LogP contribution in [0.25, 0.3) is 0 Å². The van der Waals surface area contributed by atoms with Gasteiger partial charge in [0.1, 0.15) is 0 Å². The molecule has 0 saturated carbocycles. The summed E-state index contributed by atoms with van der Waals surface area (Å²) < 4.78 is 22.6. The molecule has 1 aliphatic rings. The van der Waals surface area contributed by atoms with E-state index in [2.05, 4.69) is 10.6 Å². The topological polar surface area (TPSA) is 122 Å². The Morgan fingerprint density at radius 3 is 2.07 bits per heavy atom. The van der Waals surface area contributed by atoms with E-state index in [1.54, 1.807) is 0 Å². The van der Waals surface area contributed by atoms with Crippen molar-refractivity contribution in [3.05, 3.63) is 54.1 Å². The maximum Gasteiger partial charge on any atom is 0.238 e. The number of hydrogen-bond donors (Lipinski definition) is 3. The van der Waals surface area contributed by atoms with Gasteiger partial charge in [0.2, 0.25) is 21.8 Å². The molecule has 160 valence electrons. The molecule has 0 aliphatic carbocycles. The van der Waals surface area contributed by atoms with E-state index in [1.165, 1.54) is 24.3 Å². The van der Waals surface area contributed by atoms with Gasteiger partial charge in [0.15, 0.2) is 0 Å². The second kappa shape index (κ2) is 9.38. The summed E-state index contributed by atoms with van der Waals surface area (Å²) in [6.45, 7) is 3.59. The van der Waals surface area contributed by atoms with E-state index < -0.39 is 10.0 Å². The van der Waals surface area contributed by atoms with Gasteiger partial charge in [0.05, 0.1) is 11.4 Å². The normalized spacial score (nSPS) is 15.5. The van der Waals surface area contributed by atoms with Crippen molar-refractivity contribution in [2.75, 3.05) is 30.3 Å². The Hall–Kier alpha value is -2.75. The zero-order valence-corrected chi connectivity index (χ0v) is 17.6. The fourth-order valence-electron chi connectivity index (χ4n) is 3.37. The summed E-state index contributed by atoms with van der Waals surface area (Å²) in [7, 11) is -3.76. The number of nitrogens with zero attached hydrogens (tertiary/aromatic N) is 1. The van der Waals surface area contributed by atoms with Crippen molar-refractivity contribution in [2.45, 2.75) is 24.7 Å². The van der Waals surface area contributed by atoms with Gasteiger partial charge < -0.3 is 10.6 Å². The molecule has 2 aromatic carbocycles. The summed E-state index contributed by atoms with van der Waals surface area (Å²) in [5, 5.41) is 10.8. The first-order valence-corrected chi connectivity index (χ1v) is 11.3. The smallest absolute Gasteiger partial charge is 0.238 e. The Balaban J connectivity index is 1.44. The van der Waals surface area contributed by atoms with Crippen molar-refractivity contribution in [1.82, 2.24) is 4.90 Å². The largest absolute Gasteiger partial charge is 0.326 e. The lowest BCUT2D eigenvalue weighted by molar-refractivity contribution is -0.121. The van der Waals surface area contributed by atoms with Crippen molar-refractivity contribution < 1.29 is 18.0 Å². The summed E-state index contributed by atoms with van der Waals surface area (Å²) >= 11 is 0. The third-order valence-corrected chi connectivity index (χ3v) is 6.04. The average Bonchev–Trinajstić information content (AvgIpc) is 2.70. The maximum atomic E-state index is 12.5. The van der Waals surface area contributed by atoms with Gasteiger partial charge in [-0.3, -0.25) is 14.5 Å². The van der Waals surface area contributed by atoms with Crippen LogP contribution < -0.4 is 15.8 Å². The number of rotatable bonds is 6. The van der Waals surface area contributed by atoms with Crippen molar-refractivity contribution in [2.24, 2.45) is 11.1 Å². The number of amides is 2. The fourth-order valence-corrected chi connectivity index (χ4v) is 3.88. The molecule has 4 N–H and O–H groups in total. The highest BCUT2D eigenvalue weighted by Crippen LogP contribution is 2.20. The highest BCUT2D eigenvalue weighted by molar-refractivity contribution is 7.89. The number of carbonyl (C=O) groups excluding carboxylic acids is 2. The van der Waals surface area contributed by atoms with E-state index in [1.807, 2.05) is 36.1 Å². The lowest BCUT2D eigenvalue weighted by atomic mass is 9.96. The number of aryl methyl sites for hydroxylation is 1. The molecule has 0 unspecified atom stereocenters. The van der Waals surface area contributed by atoms with Crippen LogP contribution in [0.4, 0.5) is 11.4 Å². The van der Waals surface area contributed by atoms with Crippen LogP contribution in [0.5, 0.6) is 0 Å². The molecule has 2 aromatic rings. The highest BCUT2D eigenvalue weighted by atomic mass is 32.2. The fraction of sp³-hybridized carbons (Fsp3) is 0.333. The molecule has 1 fully saturated rings. The zero-order chi connectivity index (χ0) is 21.7. The Labute approximate surface area is 176 Å². The van der Waals surface area contributed by atoms with E-state index in [0.29, 0.717) is 31.6 Å². The van der Waals surface area contributed by atoms with Gasteiger partial charge in [0.25, 0.3) is 0 Å². The van der Waals surface area contributed by atoms with Crippen molar-refractivity contribution in [3.63, 3.8) is 0 Å². The predicted octanol–water partition coefficient (Wildman–Crippen LogP) is 1.93. The summed E-state index contributed by atoms with van der Waals surface area (Å²) in [6.07, 6.45) is 1.30. The van der Waals surface area contributed by atoms with Crippen LogP contribution in [-0.4, -0.2) is 44.8 Å². The van der Waals surface area contributed by atoms with E-state index in [4.69, 9.17) is 5.14 Å². The van der Waals surface area contributed by atoms with Gasteiger partial charge in [-0.05, 0) is 69.3 Å². The van der Waals surface area contributed by atoms with E-state index in [9.17, 15) is 18.0 Å². The van der Waals surface area contributed by atoms with Crippen LogP contribution in [0, 0.1) is 12.8 Å². The number of nitrogens with two attached hydrogens (primary N) is 1. The first-order chi connectivity index (χ1) is 14.2. The molecule has 8 nitrogen and oxygen atoms in total. The SMILES string of the molecule is Cc1ccc(NC(=O)CN2CCC(C(=O)Nc3ccc(S(N)(=O)=O)cc3)CC2)cc1. The molecule has 9 heteroatoms. The van der Waals surface area contributed by atoms with Crippen LogP contribution in [0.3, 0.4) is 0 Å². The summed E-state index contributed by atoms with van der Waals surface area (Å²) in [5.74, 6) is -0.335. The second-order valence-corrected chi connectivity index (χ2v) is 9.08. The van der Waals surface area contributed by atoms with Gasteiger partial charge in [-0.25, -0.2) is 13.6 Å². The van der Waals surface area contributed by atoms with Crippen molar-refractivity contribution in [3.8, 4) is 0 Å². The molecule has 1 saturated heterocycles. The van der Waals surface area contributed by atoms with Gasteiger partial charge >= 0.3 is 0 Å². The third-order valence-electron chi connectivity index (χ3n) is 5.11. The Morgan fingerprint density at radius 1 is 0.967 bits per heavy atom. The molecular weight excluding hydrogens is 404 g/mol.